The molecule has 1 rings (SSSR count). The molecule has 64 valence electrons. The van der Waals surface area contributed by atoms with E-state index in [0.29, 0.717) is 5.41 Å². The molecule has 0 spiro atoms. The van der Waals surface area contributed by atoms with Crippen LogP contribution < -0.4 is 0 Å². The molecule has 0 aromatic heterocycles. The second-order valence-corrected chi connectivity index (χ2v) is 4.32. The molecular formula is C10H18O. The first-order valence-electron chi connectivity index (χ1n) is 4.38. The van der Waals surface area contributed by atoms with Crippen LogP contribution in [-0.2, 0) is 0 Å². The Bertz CT molecular complexity index is 166. The van der Waals surface area contributed by atoms with Crippen molar-refractivity contribution >= 4 is 0 Å². The molecule has 0 heterocycles. The first-order chi connectivity index (χ1) is 5.01. The minimum Gasteiger partial charge on any atom is -0.389 e. The van der Waals surface area contributed by atoms with E-state index >= 15 is 0 Å². The maximum absolute atomic E-state index is 9.28. The fourth-order valence-corrected chi connectivity index (χ4v) is 1.47. The molecule has 1 unspecified atom stereocenters. The first kappa shape index (κ1) is 8.79. The summed E-state index contributed by atoms with van der Waals surface area (Å²) >= 11 is 0. The zero-order chi connectivity index (χ0) is 8.48. The lowest BCUT2D eigenvalue weighted by molar-refractivity contribution is 0.212. The SMILES string of the molecule is CC(O)C1=CCC(C)(C)CC1. The molecule has 11 heavy (non-hydrogen) atoms. The summed E-state index contributed by atoms with van der Waals surface area (Å²) in [6, 6.07) is 0. The van der Waals surface area contributed by atoms with Crippen molar-refractivity contribution in [2.75, 3.05) is 0 Å². The van der Waals surface area contributed by atoms with Crippen LogP contribution in [0, 0.1) is 5.41 Å². The molecule has 1 atom stereocenters. The third kappa shape index (κ3) is 2.33. The van der Waals surface area contributed by atoms with E-state index in [0.717, 1.165) is 12.8 Å². The normalized spacial score (nSPS) is 26.0. The van der Waals surface area contributed by atoms with E-state index < -0.39 is 0 Å². The summed E-state index contributed by atoms with van der Waals surface area (Å²) in [7, 11) is 0. The van der Waals surface area contributed by atoms with Crippen LogP contribution in [0.1, 0.15) is 40.0 Å². The van der Waals surface area contributed by atoms with Crippen LogP contribution in [0.15, 0.2) is 11.6 Å². The Kier molecular flexibility index (Phi) is 2.38. The molecule has 1 heteroatoms. The van der Waals surface area contributed by atoms with Gasteiger partial charge in [-0.15, -0.1) is 0 Å². The van der Waals surface area contributed by atoms with Crippen LogP contribution in [0.25, 0.3) is 0 Å². The van der Waals surface area contributed by atoms with Crippen molar-refractivity contribution in [3.05, 3.63) is 11.6 Å². The van der Waals surface area contributed by atoms with Gasteiger partial charge in [0.1, 0.15) is 0 Å². The molecule has 1 nitrogen and oxygen atoms in total. The first-order valence-corrected chi connectivity index (χ1v) is 4.38. The average Bonchev–Trinajstić information content (AvgIpc) is 1.86. The summed E-state index contributed by atoms with van der Waals surface area (Å²) in [5, 5.41) is 9.28. The van der Waals surface area contributed by atoms with Crippen LogP contribution in [-0.4, -0.2) is 11.2 Å². The summed E-state index contributed by atoms with van der Waals surface area (Å²) in [6.07, 6.45) is 5.38. The maximum atomic E-state index is 9.28. The van der Waals surface area contributed by atoms with E-state index in [2.05, 4.69) is 19.9 Å². The summed E-state index contributed by atoms with van der Waals surface area (Å²) < 4.78 is 0. The van der Waals surface area contributed by atoms with Crippen LogP contribution in [0.3, 0.4) is 0 Å². The van der Waals surface area contributed by atoms with Gasteiger partial charge in [0, 0.05) is 0 Å². The molecule has 0 bridgehead atoms. The van der Waals surface area contributed by atoms with E-state index in [-0.39, 0.29) is 6.10 Å². The Morgan fingerprint density at radius 3 is 2.55 bits per heavy atom. The Morgan fingerprint density at radius 2 is 2.18 bits per heavy atom. The molecule has 0 radical (unpaired) electrons. The molecule has 0 aromatic carbocycles. The van der Waals surface area contributed by atoms with Crippen LogP contribution in [0.4, 0.5) is 0 Å². The van der Waals surface area contributed by atoms with Gasteiger partial charge in [-0.1, -0.05) is 19.9 Å². The molecule has 0 aromatic rings. The molecule has 0 amide bonds. The van der Waals surface area contributed by atoms with Gasteiger partial charge in [0.05, 0.1) is 6.10 Å². The molecule has 1 aliphatic carbocycles. The molecule has 1 N–H and O–H groups in total. The minimum absolute atomic E-state index is 0.230. The van der Waals surface area contributed by atoms with Crippen molar-refractivity contribution in [1.82, 2.24) is 0 Å². The molecular weight excluding hydrogens is 136 g/mol. The van der Waals surface area contributed by atoms with Crippen molar-refractivity contribution in [3.63, 3.8) is 0 Å². The van der Waals surface area contributed by atoms with Gasteiger partial charge in [-0.2, -0.15) is 0 Å². The number of rotatable bonds is 1. The Balaban J connectivity index is 2.58. The van der Waals surface area contributed by atoms with E-state index in [1.54, 1.807) is 0 Å². The van der Waals surface area contributed by atoms with Crippen LogP contribution >= 0.6 is 0 Å². The maximum Gasteiger partial charge on any atom is 0.0721 e. The fourth-order valence-electron chi connectivity index (χ4n) is 1.47. The molecule has 0 aliphatic heterocycles. The molecule has 1 aliphatic rings. The van der Waals surface area contributed by atoms with E-state index in [1.807, 2.05) is 6.92 Å². The highest BCUT2D eigenvalue weighted by atomic mass is 16.3. The summed E-state index contributed by atoms with van der Waals surface area (Å²) in [5.41, 5.74) is 1.68. The zero-order valence-corrected chi connectivity index (χ0v) is 7.72. The lowest BCUT2D eigenvalue weighted by atomic mass is 9.77. The van der Waals surface area contributed by atoms with Crippen LogP contribution in [0.5, 0.6) is 0 Å². The van der Waals surface area contributed by atoms with E-state index in [9.17, 15) is 5.11 Å². The molecule has 0 fully saturated rings. The average molecular weight is 154 g/mol. The zero-order valence-electron chi connectivity index (χ0n) is 7.72. The van der Waals surface area contributed by atoms with Crippen molar-refractivity contribution < 1.29 is 5.11 Å². The quantitative estimate of drug-likeness (QED) is 0.575. The largest absolute Gasteiger partial charge is 0.389 e. The molecule has 0 saturated heterocycles. The summed E-state index contributed by atoms with van der Waals surface area (Å²) in [5.74, 6) is 0. The number of hydrogen-bond donors (Lipinski definition) is 1. The lowest BCUT2D eigenvalue weighted by Gasteiger charge is -2.29. The second kappa shape index (κ2) is 2.98. The molecule has 0 saturated carbocycles. The Hall–Kier alpha value is -0.300. The van der Waals surface area contributed by atoms with Crippen molar-refractivity contribution in [1.29, 1.82) is 0 Å². The van der Waals surface area contributed by atoms with Gasteiger partial charge in [0.25, 0.3) is 0 Å². The minimum atomic E-state index is -0.230. The van der Waals surface area contributed by atoms with Crippen molar-refractivity contribution in [3.8, 4) is 0 Å². The van der Waals surface area contributed by atoms with Crippen molar-refractivity contribution in [2.45, 2.75) is 46.1 Å². The highest BCUT2D eigenvalue weighted by Crippen LogP contribution is 2.34. The van der Waals surface area contributed by atoms with Gasteiger partial charge < -0.3 is 5.11 Å². The third-order valence-corrected chi connectivity index (χ3v) is 2.54. The van der Waals surface area contributed by atoms with Gasteiger partial charge in [0.2, 0.25) is 0 Å². The second-order valence-electron chi connectivity index (χ2n) is 4.32. The number of aliphatic hydroxyl groups excluding tert-OH is 1. The lowest BCUT2D eigenvalue weighted by Crippen LogP contribution is -2.18. The predicted octanol–water partition coefficient (Wildman–Crippen LogP) is 2.50. The van der Waals surface area contributed by atoms with Gasteiger partial charge in [-0.05, 0) is 37.2 Å². The van der Waals surface area contributed by atoms with E-state index in [1.165, 1.54) is 12.0 Å². The topological polar surface area (TPSA) is 20.2 Å². The summed E-state index contributed by atoms with van der Waals surface area (Å²) in [4.78, 5) is 0. The Labute approximate surface area is 69.1 Å². The number of aliphatic hydroxyl groups is 1. The highest BCUT2D eigenvalue weighted by molar-refractivity contribution is 5.11. The monoisotopic (exact) mass is 154 g/mol. The van der Waals surface area contributed by atoms with Gasteiger partial charge in [-0.3, -0.25) is 0 Å². The van der Waals surface area contributed by atoms with Crippen molar-refractivity contribution in [2.24, 2.45) is 5.41 Å². The number of allylic oxidation sites excluding steroid dienone is 1. The van der Waals surface area contributed by atoms with Crippen LogP contribution in [0.2, 0.25) is 0 Å². The van der Waals surface area contributed by atoms with Gasteiger partial charge in [0.15, 0.2) is 0 Å². The third-order valence-electron chi connectivity index (χ3n) is 2.54. The van der Waals surface area contributed by atoms with Gasteiger partial charge >= 0.3 is 0 Å². The summed E-state index contributed by atoms with van der Waals surface area (Å²) in [6.45, 7) is 6.41. The van der Waals surface area contributed by atoms with E-state index in [4.69, 9.17) is 0 Å². The number of hydrogen-bond acceptors (Lipinski definition) is 1. The highest BCUT2D eigenvalue weighted by Gasteiger charge is 2.22. The standard InChI is InChI=1S/C10H18O/c1-8(11)9-4-6-10(2,3)7-5-9/h4,8,11H,5-7H2,1-3H3. The Morgan fingerprint density at radius 1 is 1.55 bits per heavy atom. The van der Waals surface area contributed by atoms with Gasteiger partial charge in [-0.25, -0.2) is 0 Å². The fraction of sp³-hybridized carbons (Fsp3) is 0.800. The smallest absolute Gasteiger partial charge is 0.0721 e. The predicted molar refractivity (Wildman–Crippen MR) is 47.4 cm³/mol.